The Hall–Kier alpha value is -1.88. The monoisotopic (exact) mass is 264 g/mol. The predicted molar refractivity (Wildman–Crippen MR) is 73.0 cm³/mol. The molecule has 0 heterocycles. The van der Waals surface area contributed by atoms with Crippen molar-refractivity contribution in [1.29, 1.82) is 0 Å². The Kier molecular flexibility index (Phi) is 6.02. The number of hydrogen-bond acceptors (Lipinski definition) is 4. The molecule has 0 spiro atoms. The molecule has 0 saturated heterocycles. The summed E-state index contributed by atoms with van der Waals surface area (Å²) in [6, 6.07) is 6.31. The first-order valence-electron chi connectivity index (χ1n) is 6.31. The third-order valence-corrected chi connectivity index (χ3v) is 2.90. The Bertz CT molecular complexity index is 429. The fourth-order valence-corrected chi connectivity index (χ4v) is 1.63. The molecule has 0 aromatic heterocycles. The molecule has 19 heavy (non-hydrogen) atoms. The average Bonchev–Trinajstić information content (AvgIpc) is 2.43. The standard InChI is InChI=1S/C14H20N2O3/c1-3-11(17)9-16-14(19)13(15-2)8-10-4-6-12(18)7-5-10/h4-7,13,15,18H,3,8-9H2,1-2H3,(H,16,19)/t13-/m0/s1. The third kappa shape index (κ3) is 5.09. The van der Waals surface area contributed by atoms with Gasteiger partial charge in [-0.05, 0) is 31.2 Å². The summed E-state index contributed by atoms with van der Waals surface area (Å²) < 4.78 is 0. The van der Waals surface area contributed by atoms with Crippen molar-refractivity contribution in [2.24, 2.45) is 0 Å². The first kappa shape index (κ1) is 15.2. The highest BCUT2D eigenvalue weighted by Gasteiger charge is 2.17. The highest BCUT2D eigenvalue weighted by Crippen LogP contribution is 2.11. The van der Waals surface area contributed by atoms with Crippen LogP contribution in [0.5, 0.6) is 5.75 Å². The molecule has 1 aromatic carbocycles. The Balaban J connectivity index is 2.55. The number of aromatic hydroxyl groups is 1. The number of carbonyl (C=O) groups is 2. The van der Waals surface area contributed by atoms with Crippen LogP contribution in [-0.2, 0) is 16.0 Å². The molecule has 0 saturated carbocycles. The second kappa shape index (κ2) is 7.53. The number of amides is 1. The van der Waals surface area contributed by atoms with Crippen LogP contribution in [0.4, 0.5) is 0 Å². The number of benzene rings is 1. The highest BCUT2D eigenvalue weighted by molar-refractivity contribution is 5.88. The summed E-state index contributed by atoms with van der Waals surface area (Å²) in [5.41, 5.74) is 0.939. The van der Waals surface area contributed by atoms with Gasteiger partial charge in [0.1, 0.15) is 5.75 Å². The lowest BCUT2D eigenvalue weighted by atomic mass is 10.1. The van der Waals surface area contributed by atoms with E-state index in [-0.39, 0.29) is 24.0 Å². The maximum absolute atomic E-state index is 11.9. The molecule has 1 rings (SSSR count). The number of Topliss-reactive ketones (excluding diaryl/α,β-unsaturated/α-hetero) is 1. The fraction of sp³-hybridized carbons (Fsp3) is 0.429. The Morgan fingerprint density at radius 2 is 1.89 bits per heavy atom. The lowest BCUT2D eigenvalue weighted by Crippen LogP contribution is -2.45. The lowest BCUT2D eigenvalue weighted by Gasteiger charge is -2.15. The molecule has 104 valence electrons. The summed E-state index contributed by atoms with van der Waals surface area (Å²) in [5, 5.41) is 14.7. The van der Waals surface area contributed by atoms with Crippen LogP contribution >= 0.6 is 0 Å². The second-order valence-corrected chi connectivity index (χ2v) is 4.32. The van der Waals surface area contributed by atoms with Gasteiger partial charge in [0.05, 0.1) is 12.6 Å². The molecule has 1 atom stereocenters. The van der Waals surface area contributed by atoms with Crippen LogP contribution in [0.1, 0.15) is 18.9 Å². The number of ketones is 1. The second-order valence-electron chi connectivity index (χ2n) is 4.32. The van der Waals surface area contributed by atoms with Crippen LogP contribution in [0.3, 0.4) is 0 Å². The molecule has 0 fully saturated rings. The number of rotatable bonds is 7. The summed E-state index contributed by atoms with van der Waals surface area (Å²) in [4.78, 5) is 23.1. The van der Waals surface area contributed by atoms with Gasteiger partial charge in [-0.15, -0.1) is 0 Å². The van der Waals surface area contributed by atoms with Crippen molar-refractivity contribution in [3.63, 3.8) is 0 Å². The summed E-state index contributed by atoms with van der Waals surface area (Å²) in [7, 11) is 1.70. The van der Waals surface area contributed by atoms with Gasteiger partial charge in [0.25, 0.3) is 0 Å². The van der Waals surface area contributed by atoms with Crippen LogP contribution < -0.4 is 10.6 Å². The first-order valence-corrected chi connectivity index (χ1v) is 6.31. The largest absolute Gasteiger partial charge is 0.508 e. The molecule has 0 aliphatic rings. The van der Waals surface area contributed by atoms with Crippen LogP contribution in [0, 0.1) is 0 Å². The normalized spacial score (nSPS) is 11.9. The van der Waals surface area contributed by atoms with Crippen molar-refractivity contribution in [1.82, 2.24) is 10.6 Å². The average molecular weight is 264 g/mol. The maximum atomic E-state index is 11.9. The maximum Gasteiger partial charge on any atom is 0.237 e. The van der Waals surface area contributed by atoms with Crippen LogP contribution in [0.25, 0.3) is 0 Å². The highest BCUT2D eigenvalue weighted by atomic mass is 16.3. The molecule has 5 nitrogen and oxygen atoms in total. The van der Waals surface area contributed by atoms with Crippen molar-refractivity contribution >= 4 is 11.7 Å². The van der Waals surface area contributed by atoms with Crippen LogP contribution in [-0.4, -0.2) is 36.4 Å². The van der Waals surface area contributed by atoms with E-state index in [0.717, 1.165) is 5.56 Å². The first-order chi connectivity index (χ1) is 9.06. The third-order valence-electron chi connectivity index (χ3n) is 2.90. The smallest absolute Gasteiger partial charge is 0.237 e. The summed E-state index contributed by atoms with van der Waals surface area (Å²) in [6.07, 6.45) is 0.922. The van der Waals surface area contributed by atoms with E-state index in [2.05, 4.69) is 10.6 Å². The molecule has 3 N–H and O–H groups in total. The van der Waals surface area contributed by atoms with Gasteiger partial charge in [-0.3, -0.25) is 9.59 Å². The molecule has 0 unspecified atom stereocenters. The van der Waals surface area contributed by atoms with Gasteiger partial charge >= 0.3 is 0 Å². The number of hydrogen-bond donors (Lipinski definition) is 3. The minimum absolute atomic E-state index is 0.00726. The van der Waals surface area contributed by atoms with Crippen molar-refractivity contribution < 1.29 is 14.7 Å². The van der Waals surface area contributed by atoms with E-state index in [0.29, 0.717) is 12.8 Å². The fourth-order valence-electron chi connectivity index (χ4n) is 1.63. The molecule has 5 heteroatoms. The minimum Gasteiger partial charge on any atom is -0.508 e. The number of phenolic OH excluding ortho intramolecular Hbond substituents is 1. The molecular formula is C14H20N2O3. The van der Waals surface area contributed by atoms with Gasteiger partial charge < -0.3 is 15.7 Å². The van der Waals surface area contributed by atoms with E-state index in [1.165, 1.54) is 0 Å². The zero-order chi connectivity index (χ0) is 14.3. The van der Waals surface area contributed by atoms with E-state index in [1.54, 1.807) is 38.2 Å². The van der Waals surface area contributed by atoms with Gasteiger partial charge in [0.15, 0.2) is 5.78 Å². The minimum atomic E-state index is -0.394. The molecule has 0 bridgehead atoms. The zero-order valence-electron chi connectivity index (χ0n) is 11.3. The number of carbonyl (C=O) groups excluding carboxylic acids is 2. The van der Waals surface area contributed by atoms with E-state index in [4.69, 9.17) is 0 Å². The summed E-state index contributed by atoms with van der Waals surface area (Å²) in [5.74, 6) is 0.00737. The van der Waals surface area contributed by atoms with Gasteiger partial charge in [-0.25, -0.2) is 0 Å². The quantitative estimate of drug-likeness (QED) is 0.674. The molecule has 0 aliphatic carbocycles. The Labute approximate surface area is 113 Å². The molecular weight excluding hydrogens is 244 g/mol. The topological polar surface area (TPSA) is 78.4 Å². The summed E-state index contributed by atoms with van der Waals surface area (Å²) >= 11 is 0. The van der Waals surface area contributed by atoms with E-state index >= 15 is 0 Å². The number of nitrogens with one attached hydrogen (secondary N) is 2. The van der Waals surface area contributed by atoms with E-state index in [9.17, 15) is 14.7 Å². The SMILES string of the molecule is CCC(=O)CNC(=O)[C@H](Cc1ccc(O)cc1)NC. The van der Waals surface area contributed by atoms with Gasteiger partial charge in [0.2, 0.25) is 5.91 Å². The molecule has 0 radical (unpaired) electrons. The number of phenols is 1. The van der Waals surface area contributed by atoms with Crippen LogP contribution in [0.15, 0.2) is 24.3 Å². The zero-order valence-corrected chi connectivity index (χ0v) is 11.3. The van der Waals surface area contributed by atoms with E-state index in [1.807, 2.05) is 0 Å². The Morgan fingerprint density at radius 3 is 2.42 bits per heavy atom. The van der Waals surface area contributed by atoms with Crippen LogP contribution in [0.2, 0.25) is 0 Å². The van der Waals surface area contributed by atoms with Gasteiger partial charge in [-0.1, -0.05) is 19.1 Å². The predicted octanol–water partition coefficient (Wildman–Crippen LogP) is 0.618. The molecule has 0 aliphatic heterocycles. The van der Waals surface area contributed by atoms with Crippen molar-refractivity contribution in [2.45, 2.75) is 25.8 Å². The molecule has 1 amide bonds. The van der Waals surface area contributed by atoms with Crippen molar-refractivity contribution in [2.75, 3.05) is 13.6 Å². The number of likely N-dealkylation sites (N-methyl/N-ethyl adjacent to an activating group) is 1. The van der Waals surface area contributed by atoms with E-state index < -0.39 is 6.04 Å². The lowest BCUT2D eigenvalue weighted by molar-refractivity contribution is -0.126. The van der Waals surface area contributed by atoms with Crippen molar-refractivity contribution in [3.05, 3.63) is 29.8 Å². The van der Waals surface area contributed by atoms with Crippen molar-refractivity contribution in [3.8, 4) is 5.75 Å². The Morgan fingerprint density at radius 1 is 1.26 bits per heavy atom. The summed E-state index contributed by atoms with van der Waals surface area (Å²) in [6.45, 7) is 1.84. The van der Waals surface area contributed by atoms with Gasteiger partial charge in [-0.2, -0.15) is 0 Å². The molecule has 1 aromatic rings. The van der Waals surface area contributed by atoms with Gasteiger partial charge in [0, 0.05) is 6.42 Å².